The second kappa shape index (κ2) is 6.47. The van der Waals surface area contributed by atoms with E-state index in [1.54, 1.807) is 24.4 Å². The highest BCUT2D eigenvalue weighted by Gasteiger charge is 2.13. The lowest BCUT2D eigenvalue weighted by atomic mass is 10.1. The molecule has 0 fully saturated rings. The Balaban J connectivity index is 1.85. The Labute approximate surface area is 117 Å². The number of carbonyl (C=O) groups excluding carboxylic acids is 2. The number of nitrogens with one attached hydrogen (secondary N) is 2. The van der Waals surface area contributed by atoms with Crippen LogP contribution in [0.2, 0.25) is 0 Å². The summed E-state index contributed by atoms with van der Waals surface area (Å²) in [7, 11) is 0. The highest BCUT2D eigenvalue weighted by atomic mass is 16.2. The van der Waals surface area contributed by atoms with Gasteiger partial charge in [0.1, 0.15) is 5.82 Å². The molecule has 0 aliphatic heterocycles. The number of amides is 2. The van der Waals surface area contributed by atoms with E-state index in [2.05, 4.69) is 15.6 Å². The molecule has 0 aliphatic rings. The molecule has 5 heteroatoms. The Morgan fingerprint density at radius 1 is 1.05 bits per heavy atom. The molecule has 0 bridgehead atoms. The summed E-state index contributed by atoms with van der Waals surface area (Å²) in [4.78, 5) is 27.2. The van der Waals surface area contributed by atoms with Crippen LogP contribution in [-0.4, -0.2) is 16.8 Å². The van der Waals surface area contributed by atoms with Gasteiger partial charge in [0.25, 0.3) is 0 Å². The molecule has 2 rings (SSSR count). The molecule has 2 N–H and O–H groups in total. The predicted molar refractivity (Wildman–Crippen MR) is 75.9 cm³/mol. The van der Waals surface area contributed by atoms with E-state index in [0.717, 1.165) is 11.1 Å². The maximum absolute atomic E-state index is 11.6. The van der Waals surface area contributed by atoms with Gasteiger partial charge in [-0.15, -0.1) is 0 Å². The number of nitrogens with zero attached hydrogens (tertiary/aromatic N) is 1. The normalized spacial score (nSPS) is 9.85. The van der Waals surface area contributed by atoms with Crippen LogP contribution >= 0.6 is 0 Å². The van der Waals surface area contributed by atoms with Gasteiger partial charge in [-0.1, -0.05) is 35.9 Å². The number of hydrogen-bond acceptors (Lipinski definition) is 3. The Kier molecular flexibility index (Phi) is 4.44. The number of anilines is 1. The SMILES string of the molecule is Cc1ccc(CNC(=O)C(=O)Nc2ccccn2)cc1. The Morgan fingerprint density at radius 2 is 1.80 bits per heavy atom. The zero-order chi connectivity index (χ0) is 14.4. The van der Waals surface area contributed by atoms with Crippen LogP contribution in [-0.2, 0) is 16.1 Å². The summed E-state index contributed by atoms with van der Waals surface area (Å²) in [5, 5.41) is 4.98. The lowest BCUT2D eigenvalue weighted by Gasteiger charge is -2.06. The molecule has 2 amide bonds. The van der Waals surface area contributed by atoms with Gasteiger partial charge in [-0.25, -0.2) is 4.98 Å². The fraction of sp³-hybridized carbons (Fsp3) is 0.133. The van der Waals surface area contributed by atoms with Gasteiger partial charge < -0.3 is 10.6 Å². The number of hydrogen-bond donors (Lipinski definition) is 2. The van der Waals surface area contributed by atoms with Crippen molar-refractivity contribution in [3.63, 3.8) is 0 Å². The third-order valence-electron chi connectivity index (χ3n) is 2.69. The third-order valence-corrected chi connectivity index (χ3v) is 2.69. The molecule has 0 spiro atoms. The summed E-state index contributed by atoms with van der Waals surface area (Å²) >= 11 is 0. The highest BCUT2D eigenvalue weighted by molar-refractivity contribution is 6.39. The van der Waals surface area contributed by atoms with Crippen molar-refractivity contribution in [2.24, 2.45) is 0 Å². The Morgan fingerprint density at radius 3 is 2.45 bits per heavy atom. The van der Waals surface area contributed by atoms with Crippen molar-refractivity contribution in [2.75, 3.05) is 5.32 Å². The average Bonchev–Trinajstić information content (AvgIpc) is 2.47. The maximum Gasteiger partial charge on any atom is 0.314 e. The Bertz CT molecular complexity index is 594. The number of pyridine rings is 1. The first-order chi connectivity index (χ1) is 9.65. The molecule has 20 heavy (non-hydrogen) atoms. The van der Waals surface area contributed by atoms with E-state index < -0.39 is 11.8 Å². The van der Waals surface area contributed by atoms with Crippen LogP contribution in [0.4, 0.5) is 5.82 Å². The van der Waals surface area contributed by atoms with E-state index in [1.807, 2.05) is 31.2 Å². The predicted octanol–water partition coefficient (Wildman–Crippen LogP) is 1.64. The lowest BCUT2D eigenvalue weighted by Crippen LogP contribution is -2.35. The molecule has 0 saturated heterocycles. The second-order valence-electron chi connectivity index (χ2n) is 4.34. The molecule has 102 valence electrons. The summed E-state index contributed by atoms with van der Waals surface area (Å²) in [6, 6.07) is 12.8. The molecular formula is C15H15N3O2. The zero-order valence-electron chi connectivity index (χ0n) is 11.1. The molecular weight excluding hydrogens is 254 g/mol. The van der Waals surface area contributed by atoms with E-state index in [0.29, 0.717) is 12.4 Å². The summed E-state index contributed by atoms with van der Waals surface area (Å²) < 4.78 is 0. The smallest absolute Gasteiger partial charge is 0.314 e. The van der Waals surface area contributed by atoms with Crippen LogP contribution in [0.25, 0.3) is 0 Å². The van der Waals surface area contributed by atoms with E-state index in [1.165, 1.54) is 0 Å². The average molecular weight is 269 g/mol. The van der Waals surface area contributed by atoms with Crippen molar-refractivity contribution in [3.05, 3.63) is 59.8 Å². The number of rotatable bonds is 3. The summed E-state index contributed by atoms with van der Waals surface area (Å²) in [6.07, 6.45) is 1.54. The first-order valence-electron chi connectivity index (χ1n) is 6.21. The van der Waals surface area contributed by atoms with Crippen LogP contribution in [0.5, 0.6) is 0 Å². The first kappa shape index (κ1) is 13.7. The largest absolute Gasteiger partial charge is 0.344 e. The fourth-order valence-corrected chi connectivity index (χ4v) is 1.58. The van der Waals surface area contributed by atoms with Crippen molar-refractivity contribution in [1.82, 2.24) is 10.3 Å². The third kappa shape index (κ3) is 3.91. The van der Waals surface area contributed by atoms with E-state index in [-0.39, 0.29) is 0 Å². The minimum atomic E-state index is -0.726. The molecule has 5 nitrogen and oxygen atoms in total. The van der Waals surface area contributed by atoms with Gasteiger partial charge in [0.05, 0.1) is 0 Å². The quantitative estimate of drug-likeness (QED) is 0.832. The highest BCUT2D eigenvalue weighted by Crippen LogP contribution is 2.03. The van der Waals surface area contributed by atoms with Crippen LogP contribution in [0.1, 0.15) is 11.1 Å². The van der Waals surface area contributed by atoms with Crippen LogP contribution in [0, 0.1) is 6.92 Å². The molecule has 0 unspecified atom stereocenters. The van der Waals surface area contributed by atoms with Crippen molar-refractivity contribution in [1.29, 1.82) is 0 Å². The van der Waals surface area contributed by atoms with Gasteiger partial charge in [0.15, 0.2) is 0 Å². The topological polar surface area (TPSA) is 71.1 Å². The summed E-state index contributed by atoms with van der Waals surface area (Å²) in [6.45, 7) is 2.30. The fourth-order valence-electron chi connectivity index (χ4n) is 1.58. The van der Waals surface area contributed by atoms with Crippen molar-refractivity contribution < 1.29 is 9.59 Å². The maximum atomic E-state index is 11.6. The first-order valence-corrected chi connectivity index (χ1v) is 6.21. The second-order valence-corrected chi connectivity index (χ2v) is 4.34. The molecule has 1 aromatic carbocycles. The van der Waals surface area contributed by atoms with Gasteiger partial charge >= 0.3 is 11.8 Å². The van der Waals surface area contributed by atoms with Crippen molar-refractivity contribution in [2.45, 2.75) is 13.5 Å². The van der Waals surface area contributed by atoms with Crippen LogP contribution in [0.15, 0.2) is 48.7 Å². The lowest BCUT2D eigenvalue weighted by molar-refractivity contribution is -0.136. The molecule has 0 aliphatic carbocycles. The van der Waals surface area contributed by atoms with Crippen LogP contribution in [0.3, 0.4) is 0 Å². The van der Waals surface area contributed by atoms with Gasteiger partial charge in [-0.2, -0.15) is 0 Å². The zero-order valence-corrected chi connectivity index (χ0v) is 11.1. The van der Waals surface area contributed by atoms with Gasteiger partial charge in [-0.05, 0) is 24.6 Å². The Hall–Kier alpha value is -2.69. The van der Waals surface area contributed by atoms with E-state index in [9.17, 15) is 9.59 Å². The molecule has 1 heterocycles. The van der Waals surface area contributed by atoms with E-state index in [4.69, 9.17) is 0 Å². The summed E-state index contributed by atoms with van der Waals surface area (Å²) in [5.41, 5.74) is 2.09. The monoisotopic (exact) mass is 269 g/mol. The minimum Gasteiger partial charge on any atom is -0.344 e. The number of carbonyl (C=O) groups is 2. The number of aromatic nitrogens is 1. The minimum absolute atomic E-state index is 0.314. The number of aryl methyl sites for hydroxylation is 1. The van der Waals surface area contributed by atoms with Crippen molar-refractivity contribution >= 4 is 17.6 Å². The molecule has 0 atom stereocenters. The summed E-state index contributed by atoms with van der Waals surface area (Å²) in [5.74, 6) is -1.06. The number of benzene rings is 1. The molecule has 0 saturated carbocycles. The van der Waals surface area contributed by atoms with Gasteiger partial charge in [0.2, 0.25) is 0 Å². The molecule has 2 aromatic rings. The van der Waals surface area contributed by atoms with E-state index >= 15 is 0 Å². The van der Waals surface area contributed by atoms with Gasteiger partial charge in [-0.3, -0.25) is 9.59 Å². The standard InChI is InChI=1S/C15H15N3O2/c1-11-5-7-12(8-6-11)10-17-14(19)15(20)18-13-4-2-3-9-16-13/h2-9H,10H2,1H3,(H,17,19)(H,16,18,20). The molecule has 1 aromatic heterocycles. The van der Waals surface area contributed by atoms with Gasteiger partial charge in [0, 0.05) is 12.7 Å². The van der Waals surface area contributed by atoms with Crippen LogP contribution < -0.4 is 10.6 Å². The molecule has 0 radical (unpaired) electrons. The van der Waals surface area contributed by atoms with Crippen molar-refractivity contribution in [3.8, 4) is 0 Å².